The molecule has 0 amide bonds. The summed E-state index contributed by atoms with van der Waals surface area (Å²) >= 11 is 2.71. The monoisotopic (exact) mass is 673 g/mol. The third kappa shape index (κ3) is 11.9. The number of anilines is 7. The minimum absolute atomic E-state index is 0.288. The molecule has 1 aliphatic rings. The molecule has 0 aliphatic carbocycles. The number of aryl methyl sites for hydroxylation is 2. The molecular weight excluding hydrogens is 636 g/mol. The van der Waals surface area contributed by atoms with Gasteiger partial charge in [0.15, 0.2) is 11.0 Å². The Kier molecular flexibility index (Phi) is 12.7. The Morgan fingerprint density at radius 1 is 0.739 bits per heavy atom. The first-order valence-electron chi connectivity index (χ1n) is 14.0. The lowest BCUT2D eigenvalue weighted by molar-refractivity contribution is -0.274. The Bertz CT molecular complexity index is 1620. The zero-order chi connectivity index (χ0) is 33.9. The molecule has 0 spiro atoms. The van der Waals surface area contributed by atoms with Crippen LogP contribution in [-0.4, -0.2) is 28.8 Å². The van der Waals surface area contributed by atoms with Crippen LogP contribution in [0.4, 0.5) is 51.1 Å². The van der Waals surface area contributed by atoms with Crippen LogP contribution in [0.3, 0.4) is 0 Å². The molecule has 12 N–H and O–H groups in total. The molecular formula is C31H38F3N9OS2. The molecule has 10 nitrogen and oxygen atoms in total. The number of thiophene rings is 1. The second-order valence-electron chi connectivity index (χ2n) is 10.1. The lowest BCUT2D eigenvalue weighted by Crippen LogP contribution is -2.16. The Balaban J connectivity index is 0.000000174. The van der Waals surface area contributed by atoms with Crippen molar-refractivity contribution in [2.45, 2.75) is 33.1 Å². The second kappa shape index (κ2) is 16.4. The number of halogens is 3. The van der Waals surface area contributed by atoms with Crippen LogP contribution >= 0.6 is 22.9 Å². The minimum atomic E-state index is -4.69. The number of nitrogens with two attached hydrogens (primary N) is 6. The van der Waals surface area contributed by atoms with E-state index in [0.717, 1.165) is 50.4 Å². The smallest absolute Gasteiger partial charge is 0.406 e. The third-order valence-corrected chi connectivity index (χ3v) is 7.92. The number of aromatic nitrogens is 2. The molecule has 0 radical (unpaired) electrons. The Morgan fingerprint density at radius 2 is 1.28 bits per heavy atom. The number of nitrogen functional groups attached to an aromatic ring is 6. The first-order chi connectivity index (χ1) is 21.7. The van der Waals surface area contributed by atoms with E-state index in [2.05, 4.69) is 25.1 Å². The van der Waals surface area contributed by atoms with Gasteiger partial charge in [0.05, 0.1) is 10.0 Å². The molecule has 3 aromatic carbocycles. The maximum absolute atomic E-state index is 11.9. The van der Waals surface area contributed by atoms with E-state index in [9.17, 15) is 13.2 Å². The van der Waals surface area contributed by atoms with Gasteiger partial charge in [-0.15, -0.1) is 24.5 Å². The van der Waals surface area contributed by atoms with Crippen LogP contribution in [0.2, 0.25) is 0 Å². The summed E-state index contributed by atoms with van der Waals surface area (Å²) in [6.07, 6.45) is -2.03. The molecule has 1 saturated heterocycles. The van der Waals surface area contributed by atoms with E-state index < -0.39 is 6.36 Å². The highest BCUT2D eigenvalue weighted by Gasteiger charge is 2.31. The number of alkyl halides is 3. The van der Waals surface area contributed by atoms with E-state index in [-0.39, 0.29) is 5.75 Å². The topological polar surface area (TPSA) is 194 Å². The molecule has 3 heterocycles. The van der Waals surface area contributed by atoms with Crippen molar-refractivity contribution in [2.24, 2.45) is 0 Å². The highest BCUT2D eigenvalue weighted by atomic mass is 32.1. The standard InChI is InChI=1S/C9H6F3N3OS.C8H12N2S.2C7H10N2/c10-9(11,12)16-6-3-1-5(2-4-6)7-14-8(13)17-15-7;9-7-3-4-8(11-7)10-5-1-2-6-10;2*1-5-4-6(8)2-3-7(5)9/h1-4H,(H2,13,14,15);3-4H,1-2,5-6,9H2;2*2-4H,8-9H2,1H3. The fourth-order valence-electron chi connectivity index (χ4n) is 4.01. The van der Waals surface area contributed by atoms with Crippen LogP contribution in [-0.2, 0) is 0 Å². The van der Waals surface area contributed by atoms with Crippen LogP contribution in [0, 0.1) is 13.8 Å². The predicted octanol–water partition coefficient (Wildman–Crippen LogP) is 6.94. The molecule has 0 bridgehead atoms. The molecule has 1 aliphatic heterocycles. The zero-order valence-corrected chi connectivity index (χ0v) is 27.1. The molecule has 5 aromatic rings. The first kappa shape index (κ1) is 35.6. The Labute approximate surface area is 273 Å². The number of hydrogen-bond donors (Lipinski definition) is 6. The van der Waals surface area contributed by atoms with Gasteiger partial charge >= 0.3 is 6.36 Å². The SMILES string of the molecule is Cc1cc(N)ccc1N.Cc1cc(N)ccc1N.Nc1ccc(N2CCCC2)s1.Nc1nc(-c2ccc(OC(F)(F)F)cc2)ns1. The van der Waals surface area contributed by atoms with Crippen LogP contribution < -0.4 is 44.0 Å². The van der Waals surface area contributed by atoms with Crippen LogP contribution in [0.15, 0.2) is 72.8 Å². The quantitative estimate of drug-likeness (QED) is 0.109. The number of hydrogen-bond acceptors (Lipinski definition) is 12. The normalized spacial score (nSPS) is 12.2. The van der Waals surface area contributed by atoms with Gasteiger partial charge in [0, 0.05) is 52.9 Å². The van der Waals surface area contributed by atoms with Gasteiger partial charge in [0.2, 0.25) is 0 Å². The van der Waals surface area contributed by atoms with Crippen molar-refractivity contribution in [3.8, 4) is 17.1 Å². The van der Waals surface area contributed by atoms with Crippen molar-refractivity contribution in [1.82, 2.24) is 9.36 Å². The van der Waals surface area contributed by atoms with Gasteiger partial charge in [0.25, 0.3) is 0 Å². The summed E-state index contributed by atoms with van der Waals surface area (Å²) in [5.74, 6) is 0.0931. The molecule has 0 atom stereocenters. The molecule has 1 fully saturated rings. The van der Waals surface area contributed by atoms with Crippen LogP contribution in [0.1, 0.15) is 24.0 Å². The summed E-state index contributed by atoms with van der Waals surface area (Å²) in [7, 11) is 0. The highest BCUT2D eigenvalue weighted by Crippen LogP contribution is 2.30. The van der Waals surface area contributed by atoms with Crippen molar-refractivity contribution in [2.75, 3.05) is 52.4 Å². The predicted molar refractivity (Wildman–Crippen MR) is 187 cm³/mol. The maximum Gasteiger partial charge on any atom is 0.573 e. The first-order valence-corrected chi connectivity index (χ1v) is 15.6. The minimum Gasteiger partial charge on any atom is -0.406 e. The van der Waals surface area contributed by atoms with Crippen molar-refractivity contribution in [3.63, 3.8) is 0 Å². The van der Waals surface area contributed by atoms with Gasteiger partial charge in [-0.3, -0.25) is 0 Å². The Morgan fingerprint density at radius 3 is 1.67 bits per heavy atom. The largest absolute Gasteiger partial charge is 0.573 e. The zero-order valence-electron chi connectivity index (χ0n) is 25.4. The molecule has 0 unspecified atom stereocenters. The second-order valence-corrected chi connectivity index (χ2v) is 12.0. The van der Waals surface area contributed by atoms with Crippen LogP contribution in [0.5, 0.6) is 5.75 Å². The summed E-state index contributed by atoms with van der Waals surface area (Å²) < 4.78 is 43.4. The van der Waals surface area contributed by atoms with Gasteiger partial charge in [-0.1, -0.05) is 0 Å². The Hall–Kier alpha value is -4.89. The molecule has 6 rings (SSSR count). The van der Waals surface area contributed by atoms with Gasteiger partial charge in [-0.2, -0.15) is 9.36 Å². The van der Waals surface area contributed by atoms with Gasteiger partial charge in [-0.25, -0.2) is 0 Å². The van der Waals surface area contributed by atoms with E-state index in [1.54, 1.807) is 23.5 Å². The third-order valence-electron chi connectivity index (χ3n) is 6.41. The van der Waals surface area contributed by atoms with Crippen molar-refractivity contribution >= 4 is 60.8 Å². The maximum atomic E-state index is 11.9. The van der Waals surface area contributed by atoms with E-state index in [1.807, 2.05) is 44.2 Å². The molecule has 246 valence electrons. The summed E-state index contributed by atoms with van der Waals surface area (Å²) in [5, 5.41) is 2.56. The van der Waals surface area contributed by atoms with Crippen molar-refractivity contribution in [1.29, 1.82) is 0 Å². The lowest BCUT2D eigenvalue weighted by atomic mass is 10.2. The molecule has 2 aromatic heterocycles. The van der Waals surface area contributed by atoms with Gasteiger partial charge in [0.1, 0.15) is 5.75 Å². The summed E-state index contributed by atoms with van der Waals surface area (Å²) in [6.45, 7) is 6.29. The van der Waals surface area contributed by atoms with Crippen LogP contribution in [0.25, 0.3) is 11.4 Å². The highest BCUT2D eigenvalue weighted by molar-refractivity contribution is 7.19. The molecule has 0 saturated carbocycles. The number of ether oxygens (including phenoxy) is 1. The summed E-state index contributed by atoms with van der Waals surface area (Å²) in [5.41, 5.74) is 38.8. The number of nitrogens with zero attached hydrogens (tertiary/aromatic N) is 3. The van der Waals surface area contributed by atoms with Gasteiger partial charge < -0.3 is 44.0 Å². The molecule has 46 heavy (non-hydrogen) atoms. The summed E-state index contributed by atoms with van der Waals surface area (Å²) in [4.78, 5) is 6.31. The fraction of sp³-hybridized carbons (Fsp3) is 0.226. The molecule has 15 heteroatoms. The average molecular weight is 674 g/mol. The van der Waals surface area contributed by atoms with Gasteiger partial charge in [-0.05, 0) is 111 Å². The lowest BCUT2D eigenvalue weighted by Gasteiger charge is -2.13. The number of benzene rings is 3. The fourth-order valence-corrected chi connectivity index (χ4v) is 5.28. The van der Waals surface area contributed by atoms with E-state index >= 15 is 0 Å². The van der Waals surface area contributed by atoms with E-state index in [0.29, 0.717) is 16.5 Å². The van der Waals surface area contributed by atoms with E-state index in [4.69, 9.17) is 34.4 Å². The van der Waals surface area contributed by atoms with E-state index in [1.165, 1.54) is 55.2 Å². The number of rotatable bonds is 3. The van der Waals surface area contributed by atoms with Crippen molar-refractivity contribution < 1.29 is 17.9 Å². The van der Waals surface area contributed by atoms with Crippen molar-refractivity contribution in [3.05, 3.63) is 83.9 Å². The average Bonchev–Trinajstić information content (AvgIpc) is 3.77. The summed E-state index contributed by atoms with van der Waals surface area (Å²) in [6, 6.07) is 20.3.